The Bertz CT molecular complexity index is 1170. The van der Waals surface area contributed by atoms with Crippen LogP contribution in [-0.2, 0) is 14.8 Å². The number of rotatable bonds is 5. The molecular formula is C20H21F2N3O6S. The first-order chi connectivity index (χ1) is 14.9. The number of carbonyl (C=O) groups excluding carboxylic acids is 1. The molecule has 0 radical (unpaired) electrons. The standard InChI is InChI=1S/C20H21F2N3O6S/c1-10(23-12(3)26)19-11(2)25(32(29,30)14-5-6-15(21)16(22)9-14)17-8-13(24-20(27)28)4-7-18(17)31-19/h4-11,19,24H,1-3H3,(H,23,26)(H,27,28)/t10-,11+,19-/m0/s1. The summed E-state index contributed by atoms with van der Waals surface area (Å²) in [5, 5.41) is 13.8. The highest BCUT2D eigenvalue weighted by atomic mass is 32.2. The molecule has 12 heteroatoms. The quantitative estimate of drug-likeness (QED) is 0.618. The van der Waals surface area contributed by atoms with Crippen LogP contribution in [0, 0.1) is 11.6 Å². The first kappa shape index (κ1) is 23.3. The van der Waals surface area contributed by atoms with Gasteiger partial charge in [-0.3, -0.25) is 14.4 Å². The van der Waals surface area contributed by atoms with E-state index < -0.39 is 50.8 Å². The number of amides is 2. The molecule has 0 aliphatic carbocycles. The molecule has 3 atom stereocenters. The van der Waals surface area contributed by atoms with Crippen molar-refractivity contribution in [2.45, 2.75) is 43.9 Å². The average molecular weight is 469 g/mol. The number of carboxylic acid groups (broad SMARTS) is 1. The van der Waals surface area contributed by atoms with Crippen LogP contribution < -0.4 is 19.7 Å². The third-order valence-corrected chi connectivity index (χ3v) is 6.82. The van der Waals surface area contributed by atoms with Gasteiger partial charge in [0.2, 0.25) is 5.91 Å². The van der Waals surface area contributed by atoms with Gasteiger partial charge in [-0.2, -0.15) is 0 Å². The first-order valence-corrected chi connectivity index (χ1v) is 10.9. The lowest BCUT2D eigenvalue weighted by Gasteiger charge is -2.43. The van der Waals surface area contributed by atoms with Gasteiger partial charge in [0.15, 0.2) is 11.6 Å². The molecule has 0 aromatic heterocycles. The Morgan fingerprint density at radius 3 is 2.44 bits per heavy atom. The Hall–Kier alpha value is -3.41. The summed E-state index contributed by atoms with van der Waals surface area (Å²) < 4.78 is 61.1. The van der Waals surface area contributed by atoms with Gasteiger partial charge in [-0.1, -0.05) is 0 Å². The number of halogens is 2. The fourth-order valence-corrected chi connectivity index (χ4v) is 5.29. The fourth-order valence-electron chi connectivity index (χ4n) is 3.61. The van der Waals surface area contributed by atoms with E-state index in [0.29, 0.717) is 12.1 Å². The monoisotopic (exact) mass is 469 g/mol. The van der Waals surface area contributed by atoms with Crippen molar-refractivity contribution in [1.82, 2.24) is 5.32 Å². The van der Waals surface area contributed by atoms with Crippen LogP contribution >= 0.6 is 0 Å². The predicted molar refractivity (Wildman–Crippen MR) is 111 cm³/mol. The number of anilines is 2. The Morgan fingerprint density at radius 1 is 1.16 bits per heavy atom. The molecule has 2 amide bonds. The van der Waals surface area contributed by atoms with Crippen molar-refractivity contribution < 1.29 is 36.6 Å². The van der Waals surface area contributed by atoms with Crippen molar-refractivity contribution in [3.8, 4) is 5.75 Å². The number of hydrogen-bond donors (Lipinski definition) is 3. The second-order valence-corrected chi connectivity index (χ2v) is 9.12. The maximum absolute atomic E-state index is 13.8. The van der Waals surface area contributed by atoms with E-state index >= 15 is 0 Å². The number of carbonyl (C=O) groups is 2. The van der Waals surface area contributed by atoms with Crippen LogP contribution in [-0.4, -0.2) is 43.7 Å². The molecule has 2 aromatic carbocycles. The molecule has 32 heavy (non-hydrogen) atoms. The molecule has 2 aromatic rings. The summed E-state index contributed by atoms with van der Waals surface area (Å²) in [6.45, 7) is 4.47. The van der Waals surface area contributed by atoms with Crippen LogP contribution in [0.2, 0.25) is 0 Å². The smallest absolute Gasteiger partial charge is 0.409 e. The van der Waals surface area contributed by atoms with E-state index in [2.05, 4.69) is 10.6 Å². The minimum atomic E-state index is -4.45. The average Bonchev–Trinajstić information content (AvgIpc) is 2.68. The Kier molecular flexibility index (Phi) is 6.26. The lowest BCUT2D eigenvalue weighted by molar-refractivity contribution is -0.120. The molecule has 9 nitrogen and oxygen atoms in total. The Balaban J connectivity index is 2.16. The number of benzene rings is 2. The summed E-state index contributed by atoms with van der Waals surface area (Å²) in [6, 6.07) is 4.70. The Morgan fingerprint density at radius 2 is 1.84 bits per heavy atom. The van der Waals surface area contributed by atoms with E-state index in [0.717, 1.165) is 10.4 Å². The van der Waals surface area contributed by atoms with Crippen molar-refractivity contribution in [2.24, 2.45) is 0 Å². The normalized spacial score (nSPS) is 18.8. The number of nitrogens with zero attached hydrogens (tertiary/aromatic N) is 1. The summed E-state index contributed by atoms with van der Waals surface area (Å²) >= 11 is 0. The van der Waals surface area contributed by atoms with Crippen LogP contribution in [0.1, 0.15) is 20.8 Å². The number of sulfonamides is 1. The molecule has 3 rings (SSSR count). The van der Waals surface area contributed by atoms with E-state index in [1.807, 2.05) is 0 Å². The molecule has 0 spiro atoms. The second kappa shape index (κ2) is 8.61. The van der Waals surface area contributed by atoms with Gasteiger partial charge >= 0.3 is 6.09 Å². The maximum Gasteiger partial charge on any atom is 0.409 e. The minimum Gasteiger partial charge on any atom is -0.484 e. The van der Waals surface area contributed by atoms with Gasteiger partial charge in [0, 0.05) is 12.6 Å². The van der Waals surface area contributed by atoms with Gasteiger partial charge in [0.25, 0.3) is 10.0 Å². The highest BCUT2D eigenvalue weighted by molar-refractivity contribution is 7.92. The summed E-state index contributed by atoms with van der Waals surface area (Å²) in [4.78, 5) is 22.0. The molecule has 0 saturated heterocycles. The topological polar surface area (TPSA) is 125 Å². The zero-order valence-electron chi connectivity index (χ0n) is 17.3. The largest absolute Gasteiger partial charge is 0.484 e. The molecular weight excluding hydrogens is 448 g/mol. The van der Waals surface area contributed by atoms with E-state index in [1.165, 1.54) is 32.0 Å². The van der Waals surface area contributed by atoms with Gasteiger partial charge in [-0.25, -0.2) is 22.0 Å². The zero-order chi connectivity index (χ0) is 23.8. The third-order valence-electron chi connectivity index (χ3n) is 4.93. The van der Waals surface area contributed by atoms with Crippen LogP contribution in [0.3, 0.4) is 0 Å². The van der Waals surface area contributed by atoms with Gasteiger partial charge in [0.1, 0.15) is 11.9 Å². The molecule has 0 unspecified atom stereocenters. The number of hydrogen-bond acceptors (Lipinski definition) is 5. The molecule has 0 fully saturated rings. The van der Waals surface area contributed by atoms with E-state index in [-0.39, 0.29) is 23.0 Å². The van der Waals surface area contributed by atoms with Crippen molar-refractivity contribution in [2.75, 3.05) is 9.62 Å². The Labute approximate surface area is 183 Å². The lowest BCUT2D eigenvalue weighted by atomic mass is 10.0. The first-order valence-electron chi connectivity index (χ1n) is 9.49. The van der Waals surface area contributed by atoms with Crippen molar-refractivity contribution >= 4 is 33.4 Å². The summed E-state index contributed by atoms with van der Waals surface area (Å²) in [7, 11) is -4.45. The molecule has 1 aliphatic heterocycles. The van der Waals surface area contributed by atoms with E-state index in [1.54, 1.807) is 6.92 Å². The van der Waals surface area contributed by atoms with Crippen molar-refractivity contribution in [3.63, 3.8) is 0 Å². The molecule has 1 heterocycles. The van der Waals surface area contributed by atoms with Gasteiger partial charge in [-0.05, 0) is 50.2 Å². The summed E-state index contributed by atoms with van der Waals surface area (Å²) in [5.74, 6) is -2.79. The molecule has 0 bridgehead atoms. The van der Waals surface area contributed by atoms with Crippen LogP contribution in [0.4, 0.5) is 25.0 Å². The number of fused-ring (bicyclic) bond motifs is 1. The highest BCUT2D eigenvalue weighted by Crippen LogP contribution is 2.42. The summed E-state index contributed by atoms with van der Waals surface area (Å²) in [6.07, 6.45) is -2.20. The lowest BCUT2D eigenvalue weighted by Crippen LogP contribution is -2.58. The fraction of sp³-hybridized carbons (Fsp3) is 0.300. The molecule has 3 N–H and O–H groups in total. The van der Waals surface area contributed by atoms with Gasteiger partial charge < -0.3 is 15.2 Å². The van der Waals surface area contributed by atoms with Crippen LogP contribution in [0.25, 0.3) is 0 Å². The number of ether oxygens (including phenoxy) is 1. The predicted octanol–water partition coefficient (Wildman–Crippen LogP) is 2.92. The second-order valence-electron chi connectivity index (χ2n) is 7.30. The van der Waals surface area contributed by atoms with Crippen LogP contribution in [0.5, 0.6) is 5.75 Å². The molecule has 1 aliphatic rings. The number of nitrogens with one attached hydrogen (secondary N) is 2. The highest BCUT2D eigenvalue weighted by Gasteiger charge is 2.43. The SMILES string of the molecule is CC(=O)N[C@@H](C)[C@@H]1Oc2ccc(NC(=O)O)cc2N(S(=O)(=O)c2ccc(F)c(F)c2)[C@@H]1C. The van der Waals surface area contributed by atoms with E-state index in [4.69, 9.17) is 9.84 Å². The van der Waals surface area contributed by atoms with E-state index in [9.17, 15) is 26.8 Å². The molecule has 172 valence electrons. The van der Waals surface area contributed by atoms with Crippen molar-refractivity contribution in [3.05, 3.63) is 48.0 Å². The van der Waals surface area contributed by atoms with Gasteiger partial charge in [-0.15, -0.1) is 0 Å². The van der Waals surface area contributed by atoms with Crippen LogP contribution in [0.15, 0.2) is 41.3 Å². The minimum absolute atomic E-state index is 0.000224. The van der Waals surface area contributed by atoms with Gasteiger partial charge in [0.05, 0.1) is 22.7 Å². The summed E-state index contributed by atoms with van der Waals surface area (Å²) in [5.41, 5.74) is 0.0747. The zero-order valence-corrected chi connectivity index (χ0v) is 18.1. The third kappa shape index (κ3) is 4.44. The van der Waals surface area contributed by atoms with Crippen molar-refractivity contribution in [1.29, 1.82) is 0 Å². The maximum atomic E-state index is 13.8. The molecule has 0 saturated carbocycles.